The van der Waals surface area contributed by atoms with Crippen LogP contribution in [0.2, 0.25) is 0 Å². The SMILES string of the molecule is CCOC(Cl)N1C(=O)c2ccccc2C1=O. The van der Waals surface area contributed by atoms with Crippen molar-refractivity contribution in [3.05, 3.63) is 35.4 Å². The fourth-order valence-corrected chi connectivity index (χ4v) is 1.91. The number of imide groups is 1. The Balaban J connectivity index is 2.35. The van der Waals surface area contributed by atoms with Crippen LogP contribution in [-0.4, -0.2) is 29.0 Å². The molecule has 4 nitrogen and oxygen atoms in total. The highest BCUT2D eigenvalue weighted by atomic mass is 35.5. The number of benzene rings is 1. The topological polar surface area (TPSA) is 46.6 Å². The largest absolute Gasteiger partial charge is 0.345 e. The van der Waals surface area contributed by atoms with Crippen molar-refractivity contribution in [2.24, 2.45) is 0 Å². The number of hydrogen-bond acceptors (Lipinski definition) is 3. The van der Waals surface area contributed by atoms with Gasteiger partial charge in [-0.05, 0) is 19.1 Å². The van der Waals surface area contributed by atoms with Crippen LogP contribution in [0.1, 0.15) is 27.6 Å². The van der Waals surface area contributed by atoms with E-state index >= 15 is 0 Å². The molecule has 0 saturated heterocycles. The summed E-state index contributed by atoms with van der Waals surface area (Å²) in [6.07, 6.45) is 0. The Morgan fingerprint density at radius 3 is 2.19 bits per heavy atom. The number of amides is 2. The third-order valence-corrected chi connectivity index (χ3v) is 2.65. The number of rotatable bonds is 3. The van der Waals surface area contributed by atoms with Gasteiger partial charge < -0.3 is 4.74 Å². The van der Waals surface area contributed by atoms with Gasteiger partial charge >= 0.3 is 0 Å². The van der Waals surface area contributed by atoms with E-state index < -0.39 is 17.5 Å². The van der Waals surface area contributed by atoms with Crippen molar-refractivity contribution in [1.29, 1.82) is 0 Å². The van der Waals surface area contributed by atoms with Gasteiger partial charge in [-0.25, -0.2) is 4.90 Å². The summed E-state index contributed by atoms with van der Waals surface area (Å²) in [4.78, 5) is 24.7. The van der Waals surface area contributed by atoms with E-state index in [1.54, 1.807) is 31.2 Å². The summed E-state index contributed by atoms with van der Waals surface area (Å²) in [6, 6.07) is 6.62. The molecule has 16 heavy (non-hydrogen) atoms. The fraction of sp³-hybridized carbons (Fsp3) is 0.273. The first-order chi connectivity index (χ1) is 7.66. The van der Waals surface area contributed by atoms with Gasteiger partial charge in [0.15, 0.2) is 0 Å². The van der Waals surface area contributed by atoms with Gasteiger partial charge in [0, 0.05) is 6.61 Å². The maximum absolute atomic E-state index is 11.9. The Morgan fingerprint density at radius 1 is 1.25 bits per heavy atom. The molecule has 0 N–H and O–H groups in total. The van der Waals surface area contributed by atoms with Crippen LogP contribution in [0.5, 0.6) is 0 Å². The monoisotopic (exact) mass is 239 g/mol. The maximum atomic E-state index is 11.9. The lowest BCUT2D eigenvalue weighted by atomic mass is 10.1. The second-order valence-corrected chi connectivity index (χ2v) is 3.65. The van der Waals surface area contributed by atoms with Crippen molar-refractivity contribution in [3.63, 3.8) is 0 Å². The highest BCUT2D eigenvalue weighted by molar-refractivity contribution is 6.28. The average Bonchev–Trinajstić information content (AvgIpc) is 2.53. The highest BCUT2D eigenvalue weighted by Gasteiger charge is 2.39. The third-order valence-electron chi connectivity index (χ3n) is 2.33. The van der Waals surface area contributed by atoms with Crippen LogP contribution in [0.4, 0.5) is 0 Å². The highest BCUT2D eigenvalue weighted by Crippen LogP contribution is 2.25. The first kappa shape index (κ1) is 11.1. The van der Waals surface area contributed by atoms with Gasteiger partial charge in [0.25, 0.3) is 11.8 Å². The average molecular weight is 240 g/mol. The van der Waals surface area contributed by atoms with E-state index in [0.717, 1.165) is 4.90 Å². The minimum absolute atomic E-state index is 0.335. The van der Waals surface area contributed by atoms with Crippen LogP contribution >= 0.6 is 11.6 Å². The number of carbonyl (C=O) groups is 2. The van der Waals surface area contributed by atoms with Crippen LogP contribution in [0.15, 0.2) is 24.3 Å². The molecule has 0 spiro atoms. The van der Waals surface area contributed by atoms with Crippen LogP contribution in [0.3, 0.4) is 0 Å². The predicted molar refractivity (Wildman–Crippen MR) is 58.2 cm³/mol. The first-order valence-corrected chi connectivity index (χ1v) is 5.33. The molecule has 1 aliphatic rings. The van der Waals surface area contributed by atoms with Gasteiger partial charge in [-0.2, -0.15) is 0 Å². The van der Waals surface area contributed by atoms with E-state index in [2.05, 4.69) is 0 Å². The number of halogens is 1. The van der Waals surface area contributed by atoms with Crippen molar-refractivity contribution in [3.8, 4) is 0 Å². The quantitative estimate of drug-likeness (QED) is 0.459. The van der Waals surface area contributed by atoms with Crippen molar-refractivity contribution < 1.29 is 14.3 Å². The molecule has 0 bridgehead atoms. The van der Waals surface area contributed by atoms with Gasteiger partial charge in [0.05, 0.1) is 11.1 Å². The van der Waals surface area contributed by atoms with E-state index in [1.165, 1.54) is 0 Å². The Labute approximate surface area is 97.7 Å². The lowest BCUT2D eigenvalue weighted by Gasteiger charge is -2.19. The Kier molecular flexibility index (Phi) is 2.94. The number of nitrogens with zero attached hydrogens (tertiary/aromatic N) is 1. The van der Waals surface area contributed by atoms with E-state index in [4.69, 9.17) is 16.3 Å². The molecule has 0 aromatic heterocycles. The van der Waals surface area contributed by atoms with Crippen molar-refractivity contribution >= 4 is 23.4 Å². The zero-order valence-electron chi connectivity index (χ0n) is 8.64. The summed E-state index contributed by atoms with van der Waals surface area (Å²) in [5.41, 5.74) is -0.298. The lowest BCUT2D eigenvalue weighted by molar-refractivity contribution is 0.0114. The molecule has 0 fully saturated rings. The van der Waals surface area contributed by atoms with Gasteiger partial charge in [-0.3, -0.25) is 9.59 Å². The molecule has 84 valence electrons. The number of carbonyl (C=O) groups excluding carboxylic acids is 2. The normalized spacial score (nSPS) is 16.5. The Morgan fingerprint density at radius 2 is 1.75 bits per heavy atom. The van der Waals surface area contributed by atoms with Gasteiger partial charge in [-0.1, -0.05) is 23.7 Å². The summed E-state index contributed by atoms with van der Waals surface area (Å²) in [5, 5.41) is 0. The van der Waals surface area contributed by atoms with E-state index in [-0.39, 0.29) is 0 Å². The van der Waals surface area contributed by atoms with Crippen LogP contribution in [0.25, 0.3) is 0 Å². The molecule has 1 aliphatic heterocycles. The summed E-state index contributed by atoms with van der Waals surface area (Å²) in [7, 11) is 0. The minimum atomic E-state index is -1.04. The number of alkyl halides is 1. The lowest BCUT2D eigenvalue weighted by Crippen LogP contribution is -2.38. The molecule has 0 aliphatic carbocycles. The summed E-state index contributed by atoms with van der Waals surface area (Å²) in [6.45, 7) is 2.08. The number of hydrogen-bond donors (Lipinski definition) is 0. The van der Waals surface area contributed by atoms with E-state index in [9.17, 15) is 9.59 Å². The van der Waals surface area contributed by atoms with Crippen LogP contribution in [-0.2, 0) is 4.74 Å². The molecule has 1 aromatic rings. The predicted octanol–water partition coefficient (Wildman–Crippen LogP) is 1.84. The molecule has 1 unspecified atom stereocenters. The van der Waals surface area contributed by atoms with Crippen LogP contribution in [0, 0.1) is 0 Å². The second-order valence-electron chi connectivity index (χ2n) is 3.27. The summed E-state index contributed by atoms with van der Waals surface area (Å²) < 4.78 is 5.05. The standard InChI is InChI=1S/C11H10ClNO3/c1-2-16-11(12)13-9(14)7-5-3-4-6-8(7)10(13)15/h3-6,11H,2H2,1H3. The zero-order valence-corrected chi connectivity index (χ0v) is 9.40. The third kappa shape index (κ3) is 1.60. The smallest absolute Gasteiger partial charge is 0.264 e. The van der Waals surface area contributed by atoms with E-state index in [0.29, 0.717) is 17.7 Å². The molecule has 0 saturated carbocycles. The maximum Gasteiger partial charge on any atom is 0.264 e. The summed E-state index contributed by atoms with van der Waals surface area (Å²) >= 11 is 5.83. The molecule has 2 amide bonds. The first-order valence-electron chi connectivity index (χ1n) is 4.89. The second kappa shape index (κ2) is 4.23. The van der Waals surface area contributed by atoms with Gasteiger partial charge in [0.1, 0.15) is 0 Å². The van der Waals surface area contributed by atoms with Crippen molar-refractivity contribution in [1.82, 2.24) is 4.90 Å². The number of ether oxygens (including phenoxy) is 1. The molecular weight excluding hydrogens is 230 g/mol. The van der Waals surface area contributed by atoms with Crippen molar-refractivity contribution in [2.45, 2.75) is 12.6 Å². The summed E-state index contributed by atoms with van der Waals surface area (Å²) in [5.74, 6) is -0.817. The Bertz CT molecular complexity index is 412. The molecular formula is C11H10ClNO3. The molecule has 1 atom stereocenters. The minimum Gasteiger partial charge on any atom is -0.345 e. The molecule has 2 rings (SSSR count). The molecule has 1 aromatic carbocycles. The van der Waals surface area contributed by atoms with Crippen LogP contribution < -0.4 is 0 Å². The zero-order chi connectivity index (χ0) is 11.7. The van der Waals surface area contributed by atoms with Gasteiger partial charge in [-0.15, -0.1) is 0 Å². The van der Waals surface area contributed by atoms with Crippen molar-refractivity contribution in [2.75, 3.05) is 6.61 Å². The molecule has 1 heterocycles. The Hall–Kier alpha value is -1.39. The number of fused-ring (bicyclic) bond motifs is 1. The molecule has 0 radical (unpaired) electrons. The fourth-order valence-electron chi connectivity index (χ4n) is 1.60. The molecule has 5 heteroatoms. The van der Waals surface area contributed by atoms with Gasteiger partial charge in [0.2, 0.25) is 5.69 Å². The van der Waals surface area contributed by atoms with E-state index in [1.807, 2.05) is 0 Å².